The van der Waals surface area contributed by atoms with Crippen LogP contribution in [0.25, 0.3) is 0 Å². The van der Waals surface area contributed by atoms with Crippen molar-refractivity contribution in [2.45, 2.75) is 32.4 Å². The second-order valence-electron chi connectivity index (χ2n) is 7.99. The van der Waals surface area contributed by atoms with E-state index in [0.29, 0.717) is 43.1 Å². The van der Waals surface area contributed by atoms with E-state index in [2.05, 4.69) is 5.32 Å². The van der Waals surface area contributed by atoms with E-state index in [9.17, 15) is 13.2 Å². The van der Waals surface area contributed by atoms with Crippen LogP contribution in [-0.4, -0.2) is 44.9 Å². The second-order valence-corrected chi connectivity index (χ2v) is 10.4. The average Bonchev–Trinajstić information content (AvgIpc) is 2.75. The Labute approximate surface area is 189 Å². The molecule has 1 atom stereocenters. The van der Waals surface area contributed by atoms with Crippen molar-refractivity contribution in [3.63, 3.8) is 0 Å². The molecule has 0 saturated carbocycles. The van der Waals surface area contributed by atoms with Gasteiger partial charge in [0.25, 0.3) is 0 Å². The van der Waals surface area contributed by atoms with E-state index in [1.165, 1.54) is 4.31 Å². The Morgan fingerprint density at radius 3 is 2.68 bits per heavy atom. The van der Waals surface area contributed by atoms with E-state index in [1.54, 1.807) is 24.3 Å². The molecule has 1 aliphatic heterocycles. The molecule has 1 N–H and O–H groups in total. The zero-order chi connectivity index (χ0) is 22.4. The lowest BCUT2D eigenvalue weighted by molar-refractivity contribution is -0.126. The normalized spacial score (nSPS) is 17.3. The van der Waals surface area contributed by atoms with E-state index in [1.807, 2.05) is 32.0 Å². The second kappa shape index (κ2) is 10.5. The van der Waals surface area contributed by atoms with Gasteiger partial charge in [0.05, 0.1) is 18.2 Å². The van der Waals surface area contributed by atoms with Crippen molar-refractivity contribution in [1.82, 2.24) is 9.62 Å². The number of sulfonamides is 1. The molecule has 1 amide bonds. The van der Waals surface area contributed by atoms with Crippen molar-refractivity contribution < 1.29 is 17.9 Å². The van der Waals surface area contributed by atoms with Crippen LogP contribution in [0, 0.1) is 19.8 Å². The number of hydrogen-bond donors (Lipinski definition) is 1. The fraction of sp³-hybridized carbons (Fsp3) is 0.435. The third-order valence-corrected chi connectivity index (χ3v) is 7.48. The van der Waals surface area contributed by atoms with Gasteiger partial charge in [-0.15, -0.1) is 0 Å². The first-order valence-corrected chi connectivity index (χ1v) is 12.4. The molecule has 0 bridgehead atoms. The average molecular weight is 465 g/mol. The van der Waals surface area contributed by atoms with Gasteiger partial charge >= 0.3 is 0 Å². The zero-order valence-corrected chi connectivity index (χ0v) is 19.5. The standard InChI is InChI=1S/C23H29ClN2O4S/c1-17-5-6-18(2)22(14-17)30-13-11-25-23(27)20-4-3-12-26(15-20)31(28,29)16-19-7-9-21(24)10-8-19/h5-10,14,20H,3-4,11-13,15-16H2,1-2H3,(H,25,27). The fourth-order valence-corrected chi connectivity index (χ4v) is 5.37. The summed E-state index contributed by atoms with van der Waals surface area (Å²) in [6, 6.07) is 12.8. The summed E-state index contributed by atoms with van der Waals surface area (Å²) < 4.78 is 32.9. The predicted octanol–water partition coefficient (Wildman–Crippen LogP) is 3.69. The molecule has 0 aliphatic carbocycles. The smallest absolute Gasteiger partial charge is 0.224 e. The van der Waals surface area contributed by atoms with Gasteiger partial charge in [-0.05, 0) is 61.6 Å². The van der Waals surface area contributed by atoms with Gasteiger partial charge in [-0.3, -0.25) is 4.79 Å². The molecule has 1 saturated heterocycles. The third-order valence-electron chi connectivity index (χ3n) is 5.41. The van der Waals surface area contributed by atoms with Crippen molar-refractivity contribution in [2.75, 3.05) is 26.2 Å². The van der Waals surface area contributed by atoms with Crippen LogP contribution in [-0.2, 0) is 20.6 Å². The van der Waals surface area contributed by atoms with Crippen molar-refractivity contribution in [1.29, 1.82) is 0 Å². The van der Waals surface area contributed by atoms with Crippen LogP contribution in [0.5, 0.6) is 5.75 Å². The van der Waals surface area contributed by atoms with Crippen LogP contribution in [0.4, 0.5) is 0 Å². The number of benzene rings is 2. The topological polar surface area (TPSA) is 75.7 Å². The number of carbonyl (C=O) groups excluding carboxylic acids is 1. The molecule has 3 rings (SSSR count). The lowest BCUT2D eigenvalue weighted by Crippen LogP contribution is -2.46. The summed E-state index contributed by atoms with van der Waals surface area (Å²) in [5, 5.41) is 3.45. The maximum Gasteiger partial charge on any atom is 0.224 e. The number of aryl methyl sites for hydroxylation is 2. The summed E-state index contributed by atoms with van der Waals surface area (Å²) in [5.41, 5.74) is 2.84. The zero-order valence-electron chi connectivity index (χ0n) is 17.9. The highest BCUT2D eigenvalue weighted by Crippen LogP contribution is 2.22. The summed E-state index contributed by atoms with van der Waals surface area (Å²) >= 11 is 5.87. The summed E-state index contributed by atoms with van der Waals surface area (Å²) in [5.74, 6) is 0.235. The van der Waals surface area contributed by atoms with Crippen LogP contribution in [0.15, 0.2) is 42.5 Å². The number of rotatable bonds is 8. The Balaban J connectivity index is 1.49. The summed E-state index contributed by atoms with van der Waals surface area (Å²) in [4.78, 5) is 12.6. The number of nitrogens with zero attached hydrogens (tertiary/aromatic N) is 1. The molecule has 0 aromatic heterocycles. The van der Waals surface area contributed by atoms with Crippen molar-refractivity contribution in [2.24, 2.45) is 5.92 Å². The van der Waals surface area contributed by atoms with Crippen LogP contribution in [0.1, 0.15) is 29.5 Å². The van der Waals surface area contributed by atoms with Gasteiger partial charge in [-0.1, -0.05) is 35.9 Å². The molecule has 0 spiro atoms. The van der Waals surface area contributed by atoms with Crippen molar-refractivity contribution in [3.05, 3.63) is 64.2 Å². The minimum absolute atomic E-state index is 0.0950. The number of piperidine rings is 1. The number of hydrogen-bond acceptors (Lipinski definition) is 4. The molecule has 6 nitrogen and oxygen atoms in total. The number of carbonyl (C=O) groups is 1. The van der Waals surface area contributed by atoms with Crippen LogP contribution in [0.3, 0.4) is 0 Å². The maximum atomic E-state index is 12.8. The van der Waals surface area contributed by atoms with Crippen molar-refractivity contribution in [3.8, 4) is 5.75 Å². The number of nitrogens with one attached hydrogen (secondary N) is 1. The highest BCUT2D eigenvalue weighted by atomic mass is 35.5. The molecular formula is C23H29ClN2O4S. The SMILES string of the molecule is Cc1ccc(C)c(OCCNC(=O)C2CCCN(S(=O)(=O)Cc3ccc(Cl)cc3)C2)c1. The minimum Gasteiger partial charge on any atom is -0.491 e. The fourth-order valence-electron chi connectivity index (χ4n) is 3.63. The lowest BCUT2D eigenvalue weighted by Gasteiger charge is -2.31. The van der Waals surface area contributed by atoms with Gasteiger partial charge in [0.15, 0.2) is 0 Å². The number of amides is 1. The van der Waals surface area contributed by atoms with Gasteiger partial charge in [0.2, 0.25) is 15.9 Å². The van der Waals surface area contributed by atoms with E-state index in [-0.39, 0.29) is 24.1 Å². The first kappa shape index (κ1) is 23.6. The minimum atomic E-state index is -3.50. The molecule has 1 fully saturated rings. The third kappa shape index (κ3) is 6.69. The van der Waals surface area contributed by atoms with Gasteiger partial charge in [-0.25, -0.2) is 12.7 Å². The lowest BCUT2D eigenvalue weighted by atomic mass is 9.99. The largest absolute Gasteiger partial charge is 0.491 e. The quantitative estimate of drug-likeness (QED) is 0.604. The number of halogens is 1. The molecule has 31 heavy (non-hydrogen) atoms. The number of ether oxygens (including phenoxy) is 1. The molecule has 2 aromatic rings. The predicted molar refractivity (Wildman–Crippen MR) is 123 cm³/mol. The first-order valence-electron chi connectivity index (χ1n) is 10.4. The van der Waals surface area contributed by atoms with Crippen LogP contribution < -0.4 is 10.1 Å². The molecule has 1 aliphatic rings. The van der Waals surface area contributed by atoms with Gasteiger partial charge in [0.1, 0.15) is 12.4 Å². The maximum absolute atomic E-state index is 12.8. The van der Waals surface area contributed by atoms with Gasteiger partial charge in [0, 0.05) is 18.1 Å². The Kier molecular flexibility index (Phi) is 7.97. The Morgan fingerprint density at radius 1 is 1.19 bits per heavy atom. The monoisotopic (exact) mass is 464 g/mol. The van der Waals surface area contributed by atoms with Crippen LogP contribution in [0.2, 0.25) is 5.02 Å². The first-order chi connectivity index (χ1) is 14.7. The molecule has 1 heterocycles. The summed E-state index contributed by atoms with van der Waals surface area (Å²) in [7, 11) is -3.50. The van der Waals surface area contributed by atoms with Crippen LogP contribution >= 0.6 is 11.6 Å². The van der Waals surface area contributed by atoms with E-state index < -0.39 is 10.0 Å². The van der Waals surface area contributed by atoms with E-state index in [0.717, 1.165) is 16.9 Å². The summed E-state index contributed by atoms with van der Waals surface area (Å²) in [6.07, 6.45) is 1.34. The van der Waals surface area contributed by atoms with Gasteiger partial charge < -0.3 is 10.1 Å². The van der Waals surface area contributed by atoms with Crippen molar-refractivity contribution >= 4 is 27.5 Å². The Hall–Kier alpha value is -2.09. The molecule has 2 aromatic carbocycles. The highest BCUT2D eigenvalue weighted by Gasteiger charge is 2.32. The van der Waals surface area contributed by atoms with E-state index >= 15 is 0 Å². The highest BCUT2D eigenvalue weighted by molar-refractivity contribution is 7.88. The Bertz CT molecular complexity index is 1010. The molecule has 0 radical (unpaired) electrons. The molecule has 168 valence electrons. The molecular weight excluding hydrogens is 436 g/mol. The van der Waals surface area contributed by atoms with Gasteiger partial charge in [-0.2, -0.15) is 0 Å². The summed E-state index contributed by atoms with van der Waals surface area (Å²) in [6.45, 7) is 5.37. The Morgan fingerprint density at radius 2 is 1.94 bits per heavy atom. The van der Waals surface area contributed by atoms with E-state index in [4.69, 9.17) is 16.3 Å². The molecule has 1 unspecified atom stereocenters. The molecule has 8 heteroatoms.